The third-order valence-electron chi connectivity index (χ3n) is 3.60. The molecular formula is C16H17ClN2O2. The number of aromatic nitrogens is 2. The molecule has 110 valence electrons. The molecule has 0 N–H and O–H groups in total. The maximum atomic E-state index is 6.19. The summed E-state index contributed by atoms with van der Waals surface area (Å²) in [6.45, 7) is 3.46. The normalized spacial score (nSPS) is 19.7. The molecule has 1 aliphatic heterocycles. The minimum Gasteiger partial charge on any atom is -0.421 e. The van der Waals surface area contributed by atoms with Crippen molar-refractivity contribution in [1.82, 2.24) is 10.2 Å². The second-order valence-corrected chi connectivity index (χ2v) is 5.61. The Labute approximate surface area is 128 Å². The minimum atomic E-state index is 0.217. The molecule has 1 aliphatic rings. The van der Waals surface area contributed by atoms with E-state index >= 15 is 0 Å². The van der Waals surface area contributed by atoms with Crippen LogP contribution in [0, 0.1) is 0 Å². The summed E-state index contributed by atoms with van der Waals surface area (Å²) in [6.07, 6.45) is 3.94. The van der Waals surface area contributed by atoms with Gasteiger partial charge in [-0.1, -0.05) is 29.8 Å². The highest BCUT2D eigenvalue weighted by Crippen LogP contribution is 2.27. The van der Waals surface area contributed by atoms with Gasteiger partial charge in [-0.25, -0.2) is 0 Å². The lowest BCUT2D eigenvalue weighted by atomic mass is 10.0. The monoisotopic (exact) mass is 304 g/mol. The van der Waals surface area contributed by atoms with Crippen LogP contribution in [-0.2, 0) is 4.74 Å². The first-order valence-corrected chi connectivity index (χ1v) is 7.46. The van der Waals surface area contributed by atoms with Gasteiger partial charge in [-0.2, -0.15) is 0 Å². The summed E-state index contributed by atoms with van der Waals surface area (Å²) in [6, 6.07) is 7.71. The Morgan fingerprint density at radius 3 is 2.95 bits per heavy atom. The van der Waals surface area contributed by atoms with Gasteiger partial charge in [0, 0.05) is 17.7 Å². The zero-order valence-electron chi connectivity index (χ0n) is 11.9. The third-order valence-corrected chi connectivity index (χ3v) is 3.93. The molecule has 1 saturated heterocycles. The third kappa shape index (κ3) is 3.34. The van der Waals surface area contributed by atoms with Crippen molar-refractivity contribution in [2.75, 3.05) is 13.2 Å². The average molecular weight is 305 g/mol. The van der Waals surface area contributed by atoms with Crippen LogP contribution in [0.1, 0.15) is 43.0 Å². The van der Waals surface area contributed by atoms with Crippen molar-refractivity contribution in [2.45, 2.75) is 25.7 Å². The molecule has 1 aromatic heterocycles. The standard InChI is InChI=1S/C16H17ClN2O2/c1-11(13-6-2-3-7-14(13)17)9-15-18-19-16(21-15)12-5-4-8-20-10-12/h2-3,6-7,9,12H,4-5,8,10H2,1H3/b11-9+. The Kier molecular flexibility index (Phi) is 4.36. The quantitative estimate of drug-likeness (QED) is 0.853. The first-order valence-electron chi connectivity index (χ1n) is 7.08. The largest absolute Gasteiger partial charge is 0.421 e. The van der Waals surface area contributed by atoms with E-state index in [9.17, 15) is 0 Å². The SMILES string of the molecule is C/C(=C\c1nnc(C2CCCOC2)o1)c1ccccc1Cl. The van der Waals surface area contributed by atoms with E-state index in [4.69, 9.17) is 20.8 Å². The van der Waals surface area contributed by atoms with E-state index in [2.05, 4.69) is 10.2 Å². The molecular weight excluding hydrogens is 288 g/mol. The number of benzene rings is 1. The lowest BCUT2D eigenvalue weighted by molar-refractivity contribution is 0.0724. The van der Waals surface area contributed by atoms with Crippen LogP contribution in [0.2, 0.25) is 5.02 Å². The highest BCUT2D eigenvalue weighted by atomic mass is 35.5. The second-order valence-electron chi connectivity index (χ2n) is 5.20. The number of halogens is 1. The van der Waals surface area contributed by atoms with E-state index in [0.717, 1.165) is 30.6 Å². The number of ether oxygens (including phenoxy) is 1. The number of allylic oxidation sites excluding steroid dienone is 1. The van der Waals surface area contributed by atoms with Crippen molar-refractivity contribution in [2.24, 2.45) is 0 Å². The molecule has 2 aromatic rings. The molecule has 0 aliphatic carbocycles. The molecule has 1 unspecified atom stereocenters. The van der Waals surface area contributed by atoms with Gasteiger partial charge in [-0.3, -0.25) is 0 Å². The summed E-state index contributed by atoms with van der Waals surface area (Å²) in [4.78, 5) is 0. The van der Waals surface area contributed by atoms with Gasteiger partial charge in [0.1, 0.15) is 0 Å². The Bertz CT molecular complexity index is 645. The zero-order valence-corrected chi connectivity index (χ0v) is 12.6. The predicted molar refractivity (Wildman–Crippen MR) is 82.1 cm³/mol. The highest BCUT2D eigenvalue weighted by molar-refractivity contribution is 6.32. The van der Waals surface area contributed by atoms with E-state index < -0.39 is 0 Å². The maximum Gasteiger partial charge on any atom is 0.240 e. The fourth-order valence-electron chi connectivity index (χ4n) is 2.45. The van der Waals surface area contributed by atoms with Gasteiger partial charge in [0.2, 0.25) is 11.8 Å². The van der Waals surface area contributed by atoms with Gasteiger partial charge >= 0.3 is 0 Å². The molecule has 0 radical (unpaired) electrons. The van der Waals surface area contributed by atoms with E-state index in [-0.39, 0.29) is 5.92 Å². The van der Waals surface area contributed by atoms with Crippen molar-refractivity contribution >= 4 is 23.3 Å². The summed E-state index contributed by atoms with van der Waals surface area (Å²) in [7, 11) is 0. The maximum absolute atomic E-state index is 6.19. The summed E-state index contributed by atoms with van der Waals surface area (Å²) >= 11 is 6.19. The second kappa shape index (κ2) is 6.41. The summed E-state index contributed by atoms with van der Waals surface area (Å²) in [5.74, 6) is 1.38. The Morgan fingerprint density at radius 1 is 1.33 bits per heavy atom. The van der Waals surface area contributed by atoms with Gasteiger partial charge in [0.05, 0.1) is 12.5 Å². The first kappa shape index (κ1) is 14.3. The van der Waals surface area contributed by atoms with Gasteiger partial charge in [0.15, 0.2) is 0 Å². The summed E-state index contributed by atoms with van der Waals surface area (Å²) < 4.78 is 11.2. The van der Waals surface area contributed by atoms with Crippen molar-refractivity contribution in [3.63, 3.8) is 0 Å². The van der Waals surface area contributed by atoms with Crippen LogP contribution >= 0.6 is 11.6 Å². The van der Waals surface area contributed by atoms with Crippen LogP contribution < -0.4 is 0 Å². The van der Waals surface area contributed by atoms with Crippen molar-refractivity contribution in [3.05, 3.63) is 46.6 Å². The summed E-state index contributed by atoms with van der Waals surface area (Å²) in [5, 5.41) is 8.94. The van der Waals surface area contributed by atoms with E-state index in [0.29, 0.717) is 23.4 Å². The molecule has 1 aromatic carbocycles. The summed E-state index contributed by atoms with van der Waals surface area (Å²) in [5.41, 5.74) is 1.97. The van der Waals surface area contributed by atoms with Crippen LogP contribution in [0.3, 0.4) is 0 Å². The number of hydrogen-bond acceptors (Lipinski definition) is 4. The molecule has 4 nitrogen and oxygen atoms in total. The minimum absolute atomic E-state index is 0.217. The van der Waals surface area contributed by atoms with E-state index in [1.807, 2.05) is 37.3 Å². The van der Waals surface area contributed by atoms with E-state index in [1.165, 1.54) is 0 Å². The Morgan fingerprint density at radius 2 is 2.19 bits per heavy atom. The van der Waals surface area contributed by atoms with Crippen LogP contribution in [0.5, 0.6) is 0 Å². The molecule has 0 saturated carbocycles. The molecule has 0 amide bonds. The molecule has 3 rings (SSSR count). The van der Waals surface area contributed by atoms with Crippen molar-refractivity contribution in [3.8, 4) is 0 Å². The highest BCUT2D eigenvalue weighted by Gasteiger charge is 2.21. The lowest BCUT2D eigenvalue weighted by Gasteiger charge is -2.18. The molecule has 5 heteroatoms. The Hall–Kier alpha value is -1.65. The zero-order chi connectivity index (χ0) is 14.7. The number of rotatable bonds is 3. The lowest BCUT2D eigenvalue weighted by Crippen LogP contribution is -2.15. The molecule has 0 spiro atoms. The van der Waals surface area contributed by atoms with Gasteiger partial charge < -0.3 is 9.15 Å². The van der Waals surface area contributed by atoms with Crippen LogP contribution in [-0.4, -0.2) is 23.4 Å². The van der Waals surface area contributed by atoms with Crippen molar-refractivity contribution < 1.29 is 9.15 Å². The smallest absolute Gasteiger partial charge is 0.240 e. The molecule has 2 heterocycles. The van der Waals surface area contributed by atoms with Crippen LogP contribution in [0.4, 0.5) is 0 Å². The topological polar surface area (TPSA) is 48.2 Å². The van der Waals surface area contributed by atoms with Gasteiger partial charge in [0.25, 0.3) is 0 Å². The van der Waals surface area contributed by atoms with Gasteiger partial charge in [-0.15, -0.1) is 10.2 Å². The molecule has 1 atom stereocenters. The molecule has 1 fully saturated rings. The number of hydrogen-bond donors (Lipinski definition) is 0. The Balaban J connectivity index is 1.80. The fourth-order valence-corrected chi connectivity index (χ4v) is 2.73. The average Bonchev–Trinajstić information content (AvgIpc) is 2.97. The first-order chi connectivity index (χ1) is 10.2. The number of nitrogens with zero attached hydrogens (tertiary/aromatic N) is 2. The van der Waals surface area contributed by atoms with Gasteiger partial charge in [-0.05, 0) is 37.0 Å². The van der Waals surface area contributed by atoms with Crippen molar-refractivity contribution in [1.29, 1.82) is 0 Å². The van der Waals surface area contributed by atoms with E-state index in [1.54, 1.807) is 0 Å². The molecule has 0 bridgehead atoms. The van der Waals surface area contributed by atoms with Crippen LogP contribution in [0.25, 0.3) is 11.6 Å². The predicted octanol–water partition coefficient (Wildman–Crippen LogP) is 4.18. The molecule has 21 heavy (non-hydrogen) atoms. The van der Waals surface area contributed by atoms with Crippen LogP contribution in [0.15, 0.2) is 28.7 Å². The fraction of sp³-hybridized carbons (Fsp3) is 0.375.